The van der Waals surface area contributed by atoms with Crippen LogP contribution in [0.1, 0.15) is 15.6 Å². The fourth-order valence-electron chi connectivity index (χ4n) is 2.02. The van der Waals surface area contributed by atoms with Crippen LogP contribution in [-0.2, 0) is 20.1 Å². The van der Waals surface area contributed by atoms with E-state index in [1.165, 1.54) is 10.6 Å². The molecule has 116 valence electrons. The highest BCUT2D eigenvalue weighted by Gasteiger charge is 2.08. The molecular formula is C14H22IN5S. The number of thiazole rings is 1. The fraction of sp³-hybridized carbons (Fsp3) is 0.429. The molecule has 0 atom stereocenters. The molecule has 0 bridgehead atoms. The summed E-state index contributed by atoms with van der Waals surface area (Å²) in [4.78, 5) is 11.9. The summed E-state index contributed by atoms with van der Waals surface area (Å²) < 4.78 is 2.12. The second-order valence-corrected chi connectivity index (χ2v) is 6.03. The maximum absolute atomic E-state index is 4.33. The molecule has 0 unspecified atom stereocenters. The van der Waals surface area contributed by atoms with E-state index in [2.05, 4.69) is 50.1 Å². The first kappa shape index (κ1) is 18.0. The number of guanidine groups is 1. The van der Waals surface area contributed by atoms with Gasteiger partial charge in [0.25, 0.3) is 0 Å². The van der Waals surface area contributed by atoms with Crippen molar-refractivity contribution in [2.24, 2.45) is 12.0 Å². The Labute approximate surface area is 147 Å². The molecule has 0 aliphatic rings. The number of aryl methyl sites for hydroxylation is 2. The summed E-state index contributed by atoms with van der Waals surface area (Å²) in [7, 11) is 5.90. The van der Waals surface area contributed by atoms with Crippen LogP contribution in [0.15, 0.2) is 29.5 Å². The molecule has 5 nitrogen and oxygen atoms in total. The van der Waals surface area contributed by atoms with Crippen molar-refractivity contribution in [3.05, 3.63) is 40.1 Å². The van der Waals surface area contributed by atoms with E-state index in [1.807, 2.05) is 27.2 Å². The van der Waals surface area contributed by atoms with Gasteiger partial charge in [-0.3, -0.25) is 4.99 Å². The molecule has 1 N–H and O–H groups in total. The zero-order valence-electron chi connectivity index (χ0n) is 12.8. The molecular weight excluding hydrogens is 397 g/mol. The lowest BCUT2D eigenvalue weighted by Gasteiger charge is -2.22. The minimum Gasteiger partial charge on any atom is -0.353 e. The highest BCUT2D eigenvalue weighted by Crippen LogP contribution is 2.11. The number of nitrogens with zero attached hydrogens (tertiary/aromatic N) is 4. The van der Waals surface area contributed by atoms with E-state index >= 15 is 0 Å². The number of rotatable bonds is 4. The van der Waals surface area contributed by atoms with E-state index in [0.717, 1.165) is 24.1 Å². The monoisotopic (exact) mass is 419 g/mol. The zero-order chi connectivity index (χ0) is 14.5. The lowest BCUT2D eigenvalue weighted by Crippen LogP contribution is -2.38. The van der Waals surface area contributed by atoms with Crippen molar-refractivity contribution in [1.82, 2.24) is 19.8 Å². The number of aromatic nitrogens is 2. The van der Waals surface area contributed by atoms with Gasteiger partial charge in [0.1, 0.15) is 0 Å². The molecule has 2 rings (SSSR count). The molecule has 0 saturated heterocycles. The number of nitrogens with one attached hydrogen (secondary N) is 1. The topological polar surface area (TPSA) is 45.5 Å². The predicted molar refractivity (Wildman–Crippen MR) is 99.3 cm³/mol. The van der Waals surface area contributed by atoms with Crippen molar-refractivity contribution < 1.29 is 0 Å². The Morgan fingerprint density at radius 1 is 1.52 bits per heavy atom. The number of hydrogen-bond donors (Lipinski definition) is 1. The van der Waals surface area contributed by atoms with Crippen LogP contribution >= 0.6 is 35.3 Å². The van der Waals surface area contributed by atoms with Crippen LogP contribution in [-0.4, -0.2) is 34.5 Å². The lowest BCUT2D eigenvalue weighted by atomic mass is 10.4. The summed E-state index contributed by atoms with van der Waals surface area (Å²) in [6, 6.07) is 4.18. The van der Waals surface area contributed by atoms with Crippen molar-refractivity contribution in [3.63, 3.8) is 0 Å². The minimum atomic E-state index is 0. The molecule has 0 aromatic carbocycles. The van der Waals surface area contributed by atoms with E-state index in [4.69, 9.17) is 0 Å². The summed E-state index contributed by atoms with van der Waals surface area (Å²) in [6.45, 7) is 3.60. The van der Waals surface area contributed by atoms with Gasteiger partial charge >= 0.3 is 0 Å². The standard InChI is InChI=1S/C14H21N5S.HI/c1-11-16-8-13(20-11)9-17-14(15-2)19(4)10-12-6-5-7-18(12)3;/h5-8H,9-10H2,1-4H3,(H,15,17);1H. The second-order valence-electron chi connectivity index (χ2n) is 4.71. The Balaban J connectivity index is 0.00000220. The first-order valence-corrected chi connectivity index (χ1v) is 7.35. The number of aliphatic imine (C=N–C) groups is 1. The first-order valence-electron chi connectivity index (χ1n) is 6.53. The molecule has 0 radical (unpaired) electrons. The molecule has 7 heteroatoms. The molecule has 2 heterocycles. The van der Waals surface area contributed by atoms with E-state index in [9.17, 15) is 0 Å². The molecule has 0 saturated carbocycles. The molecule has 2 aromatic heterocycles. The summed E-state index contributed by atoms with van der Waals surface area (Å²) in [6.07, 6.45) is 3.97. The summed E-state index contributed by atoms with van der Waals surface area (Å²) >= 11 is 1.71. The first-order chi connectivity index (χ1) is 9.60. The van der Waals surface area contributed by atoms with Gasteiger partial charge < -0.3 is 14.8 Å². The van der Waals surface area contributed by atoms with Crippen LogP contribution in [0, 0.1) is 6.92 Å². The Morgan fingerprint density at radius 3 is 2.81 bits per heavy atom. The van der Waals surface area contributed by atoms with Gasteiger partial charge in [-0.05, 0) is 19.1 Å². The van der Waals surface area contributed by atoms with Crippen molar-refractivity contribution in [1.29, 1.82) is 0 Å². The highest BCUT2D eigenvalue weighted by molar-refractivity contribution is 14.0. The Hall–Kier alpha value is -1.09. The Bertz CT molecular complexity index is 590. The summed E-state index contributed by atoms with van der Waals surface area (Å²) in [5.74, 6) is 0.886. The third-order valence-corrected chi connectivity index (χ3v) is 4.03. The van der Waals surface area contributed by atoms with Crippen molar-refractivity contribution >= 4 is 41.3 Å². The van der Waals surface area contributed by atoms with Gasteiger partial charge in [0.15, 0.2) is 5.96 Å². The largest absolute Gasteiger partial charge is 0.353 e. The van der Waals surface area contributed by atoms with Gasteiger partial charge in [0.05, 0.1) is 18.1 Å². The van der Waals surface area contributed by atoms with Crippen LogP contribution in [0.4, 0.5) is 0 Å². The van der Waals surface area contributed by atoms with Crippen molar-refractivity contribution in [3.8, 4) is 0 Å². The van der Waals surface area contributed by atoms with Crippen LogP contribution in [0.5, 0.6) is 0 Å². The van der Waals surface area contributed by atoms with Gasteiger partial charge in [-0.25, -0.2) is 4.98 Å². The zero-order valence-corrected chi connectivity index (χ0v) is 16.0. The number of halogens is 1. The average molecular weight is 419 g/mol. The van der Waals surface area contributed by atoms with Gasteiger partial charge in [0, 0.05) is 44.1 Å². The van der Waals surface area contributed by atoms with Gasteiger partial charge in [-0.15, -0.1) is 35.3 Å². The molecule has 21 heavy (non-hydrogen) atoms. The van der Waals surface area contributed by atoms with E-state index < -0.39 is 0 Å². The molecule has 0 amide bonds. The molecule has 0 spiro atoms. The van der Waals surface area contributed by atoms with Crippen LogP contribution in [0.25, 0.3) is 0 Å². The van der Waals surface area contributed by atoms with E-state index in [-0.39, 0.29) is 24.0 Å². The average Bonchev–Trinajstić information content (AvgIpc) is 3.00. The molecule has 0 fully saturated rings. The second kappa shape index (κ2) is 8.38. The Kier molecular flexibility index (Phi) is 7.16. The normalized spacial score (nSPS) is 11.1. The maximum Gasteiger partial charge on any atom is 0.194 e. The molecule has 0 aliphatic heterocycles. The lowest BCUT2D eigenvalue weighted by molar-refractivity contribution is 0.462. The quantitative estimate of drug-likeness (QED) is 0.471. The third-order valence-electron chi connectivity index (χ3n) is 3.11. The van der Waals surface area contributed by atoms with Gasteiger partial charge in [-0.1, -0.05) is 0 Å². The highest BCUT2D eigenvalue weighted by atomic mass is 127. The maximum atomic E-state index is 4.33. The SMILES string of the molecule is CN=C(NCc1cnc(C)s1)N(C)Cc1cccn1C.I. The van der Waals surface area contributed by atoms with Crippen molar-refractivity contribution in [2.45, 2.75) is 20.0 Å². The molecule has 2 aromatic rings. The van der Waals surface area contributed by atoms with Crippen molar-refractivity contribution in [2.75, 3.05) is 14.1 Å². The predicted octanol–water partition coefficient (Wildman–Crippen LogP) is 2.62. The van der Waals surface area contributed by atoms with E-state index in [0.29, 0.717) is 0 Å². The summed E-state index contributed by atoms with van der Waals surface area (Å²) in [5.41, 5.74) is 1.25. The third kappa shape index (κ3) is 4.99. The van der Waals surface area contributed by atoms with E-state index in [1.54, 1.807) is 11.3 Å². The smallest absolute Gasteiger partial charge is 0.194 e. The number of hydrogen-bond acceptors (Lipinski definition) is 3. The minimum absolute atomic E-state index is 0. The summed E-state index contributed by atoms with van der Waals surface area (Å²) in [5, 5.41) is 4.46. The van der Waals surface area contributed by atoms with Gasteiger partial charge in [-0.2, -0.15) is 0 Å². The van der Waals surface area contributed by atoms with Crippen LogP contribution < -0.4 is 5.32 Å². The fourth-order valence-corrected chi connectivity index (χ4v) is 2.75. The van der Waals surface area contributed by atoms with Crippen LogP contribution in [0.2, 0.25) is 0 Å². The Morgan fingerprint density at radius 2 is 2.29 bits per heavy atom. The van der Waals surface area contributed by atoms with Crippen LogP contribution in [0.3, 0.4) is 0 Å². The molecule has 0 aliphatic carbocycles. The van der Waals surface area contributed by atoms with Gasteiger partial charge in [0.2, 0.25) is 0 Å².